The molecule has 3 N–H and O–H groups in total. The maximum atomic E-state index is 12.5. The quantitative estimate of drug-likeness (QED) is 0.582. The van der Waals surface area contributed by atoms with E-state index in [1.165, 1.54) is 6.07 Å². The summed E-state index contributed by atoms with van der Waals surface area (Å²) < 4.78 is 60.8. The first-order valence-electron chi connectivity index (χ1n) is 8.51. The van der Waals surface area contributed by atoms with Crippen molar-refractivity contribution >= 4 is 22.0 Å². The summed E-state index contributed by atoms with van der Waals surface area (Å²) in [6.45, 7) is -1.16. The van der Waals surface area contributed by atoms with Crippen LogP contribution in [0.15, 0.2) is 40.2 Å². The molecular formula is C15H18F2N6O5S. The summed E-state index contributed by atoms with van der Waals surface area (Å²) in [6.07, 6.45) is 4.66. The van der Waals surface area contributed by atoms with Gasteiger partial charge >= 0.3 is 12.6 Å². The first-order chi connectivity index (χ1) is 13.8. The van der Waals surface area contributed by atoms with Gasteiger partial charge in [0.05, 0.1) is 6.61 Å². The highest BCUT2D eigenvalue weighted by Gasteiger charge is 2.31. The van der Waals surface area contributed by atoms with Crippen molar-refractivity contribution < 1.29 is 31.5 Å². The average Bonchev–Trinajstić information content (AvgIpc) is 3.46. The van der Waals surface area contributed by atoms with Crippen LogP contribution in [-0.2, 0) is 14.8 Å². The van der Waals surface area contributed by atoms with E-state index in [1.807, 2.05) is 0 Å². The molecule has 158 valence electrons. The molecular weight excluding hydrogens is 414 g/mol. The number of nitrogens with one attached hydrogen (secondary N) is 3. The number of amides is 2. The fourth-order valence-electron chi connectivity index (χ4n) is 2.37. The third-order valence-corrected chi connectivity index (χ3v) is 4.93. The number of hydrogen-bond acceptors (Lipinski definition) is 9. The summed E-state index contributed by atoms with van der Waals surface area (Å²) in [5, 5.41) is 4.00. The molecule has 29 heavy (non-hydrogen) atoms. The minimum Gasteiger partial charge on any atom is -0.477 e. The largest absolute Gasteiger partial charge is 0.477 e. The Bertz CT molecular complexity index is 935. The lowest BCUT2D eigenvalue weighted by Gasteiger charge is -2.26. The molecule has 2 heterocycles. The van der Waals surface area contributed by atoms with Crippen LogP contribution in [0.5, 0.6) is 5.75 Å². The second kappa shape index (κ2) is 8.46. The van der Waals surface area contributed by atoms with Gasteiger partial charge in [0.1, 0.15) is 0 Å². The van der Waals surface area contributed by atoms with Gasteiger partial charge in [-0.3, -0.25) is 5.43 Å². The fraction of sp³-hybridized carbons (Fsp3) is 0.400. The Hall–Kier alpha value is -3.16. The molecule has 0 radical (unpaired) electrons. The number of hydrazone groups is 1. The number of hydrazine groups is 2. The number of carbonyl (C=O) groups is 1. The summed E-state index contributed by atoms with van der Waals surface area (Å²) in [5.74, 6) is -0.206. The highest BCUT2D eigenvalue weighted by molar-refractivity contribution is 7.90. The minimum absolute atomic E-state index is 0.230. The van der Waals surface area contributed by atoms with Crippen LogP contribution in [0.3, 0.4) is 0 Å². The van der Waals surface area contributed by atoms with Gasteiger partial charge in [-0.05, 0) is 31.9 Å². The first kappa shape index (κ1) is 20.6. The molecule has 0 aromatic carbocycles. The van der Waals surface area contributed by atoms with Gasteiger partial charge in [0.2, 0.25) is 10.9 Å². The Kier molecular flexibility index (Phi) is 6.00. The molecule has 1 aliphatic heterocycles. The van der Waals surface area contributed by atoms with Gasteiger partial charge in [0, 0.05) is 23.9 Å². The van der Waals surface area contributed by atoms with Crippen LogP contribution in [0.4, 0.5) is 13.6 Å². The molecule has 0 atom stereocenters. The zero-order valence-electron chi connectivity index (χ0n) is 15.1. The van der Waals surface area contributed by atoms with Crippen LogP contribution in [0.1, 0.15) is 19.8 Å². The predicted octanol–water partition coefficient (Wildman–Crippen LogP) is 1.05. The number of hydrogen-bond donors (Lipinski definition) is 3. The number of sulfonamides is 1. The monoisotopic (exact) mass is 432 g/mol. The normalized spacial score (nSPS) is 16.5. The molecule has 1 aromatic heterocycles. The Balaban J connectivity index is 1.69. The second-order valence-corrected chi connectivity index (χ2v) is 7.50. The van der Waals surface area contributed by atoms with E-state index in [2.05, 4.69) is 25.7 Å². The number of alkyl halides is 2. The summed E-state index contributed by atoms with van der Waals surface area (Å²) in [7, 11) is -4.61. The number of allylic oxidation sites excluding steroid dienone is 1. The first-order valence-corrected chi connectivity index (χ1v) is 10.00. The minimum atomic E-state index is -4.61. The number of nitrogens with zero attached hydrogens (tertiary/aromatic N) is 3. The van der Waals surface area contributed by atoms with Crippen molar-refractivity contribution in [3.8, 4) is 5.75 Å². The van der Waals surface area contributed by atoms with Crippen LogP contribution in [-0.4, -0.2) is 43.8 Å². The number of rotatable bonds is 7. The number of pyridine rings is 1. The van der Waals surface area contributed by atoms with Crippen molar-refractivity contribution in [1.82, 2.24) is 25.8 Å². The molecule has 2 amide bonds. The number of aromatic nitrogens is 1. The Morgan fingerprint density at radius 2 is 2.21 bits per heavy atom. The molecule has 0 bridgehead atoms. The number of ether oxygens (including phenoxy) is 2. The zero-order valence-corrected chi connectivity index (χ0v) is 15.9. The van der Waals surface area contributed by atoms with Crippen LogP contribution < -0.4 is 20.3 Å². The number of carbonyl (C=O) groups excluding carboxylic acids is 1. The molecule has 14 heteroatoms. The summed E-state index contributed by atoms with van der Waals surface area (Å²) >= 11 is 0. The molecule has 3 rings (SSSR count). The van der Waals surface area contributed by atoms with Crippen LogP contribution in [0, 0.1) is 5.92 Å². The van der Waals surface area contributed by atoms with E-state index in [0.29, 0.717) is 6.61 Å². The van der Waals surface area contributed by atoms with Crippen molar-refractivity contribution in [2.24, 2.45) is 11.0 Å². The highest BCUT2D eigenvalue weighted by Crippen LogP contribution is 2.35. The van der Waals surface area contributed by atoms with E-state index in [9.17, 15) is 22.0 Å². The Morgan fingerprint density at radius 3 is 2.86 bits per heavy atom. The second-order valence-electron chi connectivity index (χ2n) is 5.90. The lowest BCUT2D eigenvalue weighted by Crippen LogP contribution is -2.53. The molecule has 0 spiro atoms. The van der Waals surface area contributed by atoms with Gasteiger partial charge in [-0.1, -0.05) is 5.10 Å². The van der Waals surface area contributed by atoms with Gasteiger partial charge in [0.25, 0.3) is 10.0 Å². The van der Waals surface area contributed by atoms with Crippen molar-refractivity contribution in [2.45, 2.75) is 31.4 Å². The zero-order chi connectivity index (χ0) is 21.0. The van der Waals surface area contributed by atoms with E-state index >= 15 is 0 Å². The van der Waals surface area contributed by atoms with E-state index in [4.69, 9.17) is 4.74 Å². The predicted molar refractivity (Wildman–Crippen MR) is 94.6 cm³/mol. The van der Waals surface area contributed by atoms with Gasteiger partial charge in [-0.15, -0.1) is 5.23 Å². The molecule has 1 aliphatic carbocycles. The summed E-state index contributed by atoms with van der Waals surface area (Å²) in [6, 6.07) is 0.996. The van der Waals surface area contributed by atoms with E-state index in [-0.39, 0.29) is 11.8 Å². The summed E-state index contributed by atoms with van der Waals surface area (Å²) in [5.41, 5.74) is 5.75. The lowest BCUT2D eigenvalue weighted by atomic mass is 10.3. The topological polar surface area (TPSA) is 134 Å². The molecule has 0 unspecified atom stereocenters. The third-order valence-electron chi connectivity index (χ3n) is 3.66. The van der Waals surface area contributed by atoms with E-state index < -0.39 is 33.4 Å². The molecule has 0 saturated heterocycles. The van der Waals surface area contributed by atoms with Gasteiger partial charge in [-0.2, -0.15) is 17.2 Å². The maximum absolute atomic E-state index is 12.5. The molecule has 1 aromatic rings. The lowest BCUT2D eigenvalue weighted by molar-refractivity contribution is -0.0521. The van der Waals surface area contributed by atoms with Gasteiger partial charge < -0.3 is 9.47 Å². The van der Waals surface area contributed by atoms with Crippen LogP contribution in [0.25, 0.3) is 0 Å². The Labute approximate surface area is 164 Å². The van der Waals surface area contributed by atoms with Crippen molar-refractivity contribution in [3.63, 3.8) is 0 Å². The number of urea groups is 1. The third kappa shape index (κ3) is 5.43. The smallest absolute Gasteiger partial charge is 0.387 e. The summed E-state index contributed by atoms with van der Waals surface area (Å²) in [4.78, 5) is 15.7. The maximum Gasteiger partial charge on any atom is 0.387 e. The van der Waals surface area contributed by atoms with Crippen LogP contribution in [0.2, 0.25) is 0 Å². The molecule has 1 saturated carbocycles. The molecule has 2 aliphatic rings. The highest BCUT2D eigenvalue weighted by atomic mass is 32.2. The van der Waals surface area contributed by atoms with Crippen molar-refractivity contribution in [1.29, 1.82) is 0 Å². The number of halogens is 2. The van der Waals surface area contributed by atoms with Crippen molar-refractivity contribution in [3.05, 3.63) is 30.1 Å². The fourth-order valence-corrected chi connectivity index (χ4v) is 3.33. The van der Waals surface area contributed by atoms with Crippen LogP contribution >= 0.6 is 0 Å². The van der Waals surface area contributed by atoms with Crippen molar-refractivity contribution in [2.75, 3.05) is 6.61 Å². The molecule has 1 fully saturated rings. The van der Waals surface area contributed by atoms with Gasteiger partial charge in [-0.25, -0.2) is 19.9 Å². The van der Waals surface area contributed by atoms with Gasteiger partial charge in [0.15, 0.2) is 5.75 Å². The standard InChI is InChI=1S/C15H18F2N6O5S/c1-2-27-12-8-10(9-5-6-9)19-23(20-12)21-15(24)22-29(25,26)13-11(28-14(16)17)4-3-7-18-13/h3-4,7-9,14,19H,2,5-6H2,1H3,(H2,21,22,24). The van der Waals surface area contributed by atoms with E-state index in [0.717, 1.165) is 36.0 Å². The SMILES string of the molecule is CCOC1=NN(NC(=O)NS(=O)(=O)c2ncccc2OC(F)F)NC(C2CC2)=C1. The Morgan fingerprint density at radius 1 is 1.45 bits per heavy atom. The average molecular weight is 432 g/mol. The molecule has 11 nitrogen and oxygen atoms in total. The van der Waals surface area contributed by atoms with E-state index in [1.54, 1.807) is 17.7 Å².